The van der Waals surface area contributed by atoms with E-state index in [0.29, 0.717) is 5.92 Å². The molecule has 0 bridgehead atoms. The number of ether oxygens (including phenoxy) is 1. The van der Waals surface area contributed by atoms with E-state index in [1.807, 2.05) is 12.1 Å². The van der Waals surface area contributed by atoms with Crippen LogP contribution in [0.3, 0.4) is 0 Å². The first-order valence-corrected chi connectivity index (χ1v) is 7.37. The van der Waals surface area contributed by atoms with Gasteiger partial charge in [0, 0.05) is 19.0 Å². The Bertz CT molecular complexity index is 575. The Hall–Kier alpha value is -2.17. The van der Waals surface area contributed by atoms with Gasteiger partial charge in [0.25, 0.3) is 0 Å². The first kappa shape index (κ1) is 13.8. The van der Waals surface area contributed by atoms with Crippen LogP contribution in [-0.2, 0) is 0 Å². The molecule has 1 aromatic heterocycles. The fourth-order valence-electron chi connectivity index (χ4n) is 2.70. The molecule has 1 fully saturated rings. The zero-order valence-electron chi connectivity index (χ0n) is 12.3. The van der Waals surface area contributed by atoms with E-state index in [9.17, 15) is 0 Å². The van der Waals surface area contributed by atoms with E-state index < -0.39 is 0 Å². The predicted octanol–water partition coefficient (Wildman–Crippen LogP) is 2.48. The lowest BCUT2D eigenvalue weighted by molar-refractivity contribution is 0.228. The molecule has 2 heterocycles. The van der Waals surface area contributed by atoms with Gasteiger partial charge in [-0.1, -0.05) is 12.1 Å². The molecule has 21 heavy (non-hydrogen) atoms. The molecule has 110 valence electrons. The number of aromatic nitrogens is 3. The summed E-state index contributed by atoms with van der Waals surface area (Å²) >= 11 is 0. The number of rotatable bonds is 4. The smallest absolute Gasteiger partial charge is 0.228 e. The minimum absolute atomic E-state index is 0.510. The third kappa shape index (κ3) is 3.68. The highest BCUT2D eigenvalue weighted by Crippen LogP contribution is 2.21. The van der Waals surface area contributed by atoms with Gasteiger partial charge in [-0.2, -0.15) is 0 Å². The number of hydrogen-bond donors (Lipinski definition) is 0. The van der Waals surface area contributed by atoms with E-state index in [1.54, 1.807) is 12.7 Å². The van der Waals surface area contributed by atoms with Crippen LogP contribution in [0.15, 0.2) is 36.9 Å². The van der Waals surface area contributed by atoms with E-state index in [2.05, 4.69) is 38.9 Å². The van der Waals surface area contributed by atoms with Crippen LogP contribution in [0.1, 0.15) is 18.4 Å². The highest BCUT2D eigenvalue weighted by atomic mass is 16.5. The predicted molar refractivity (Wildman–Crippen MR) is 81.4 cm³/mol. The Morgan fingerprint density at radius 1 is 1.29 bits per heavy atom. The third-order valence-corrected chi connectivity index (χ3v) is 3.76. The van der Waals surface area contributed by atoms with Crippen LogP contribution in [0.2, 0.25) is 0 Å². The normalized spacial score (nSPS) is 18.5. The van der Waals surface area contributed by atoms with E-state index >= 15 is 0 Å². The maximum atomic E-state index is 5.93. The first-order chi connectivity index (χ1) is 10.3. The summed E-state index contributed by atoms with van der Waals surface area (Å²) in [5.74, 6) is 2.23. The number of aryl methyl sites for hydroxylation is 1. The summed E-state index contributed by atoms with van der Waals surface area (Å²) in [5, 5.41) is 0. The van der Waals surface area contributed by atoms with Gasteiger partial charge in [0.2, 0.25) is 5.95 Å². The lowest BCUT2D eigenvalue weighted by Crippen LogP contribution is -2.38. The van der Waals surface area contributed by atoms with Crippen molar-refractivity contribution in [2.75, 3.05) is 24.6 Å². The van der Waals surface area contributed by atoms with Crippen LogP contribution in [-0.4, -0.2) is 34.6 Å². The van der Waals surface area contributed by atoms with Crippen molar-refractivity contribution < 1.29 is 4.74 Å². The molecular weight excluding hydrogens is 264 g/mol. The van der Waals surface area contributed by atoms with Crippen molar-refractivity contribution in [3.05, 3.63) is 42.5 Å². The molecule has 0 saturated carbocycles. The van der Waals surface area contributed by atoms with E-state index in [1.165, 1.54) is 12.0 Å². The van der Waals surface area contributed by atoms with Gasteiger partial charge >= 0.3 is 0 Å². The quantitative estimate of drug-likeness (QED) is 0.863. The average molecular weight is 284 g/mol. The Labute approximate surface area is 125 Å². The van der Waals surface area contributed by atoms with Crippen molar-refractivity contribution in [2.45, 2.75) is 19.8 Å². The molecule has 2 aromatic rings. The number of benzene rings is 1. The zero-order valence-corrected chi connectivity index (χ0v) is 12.3. The summed E-state index contributed by atoms with van der Waals surface area (Å²) < 4.78 is 5.93. The average Bonchev–Trinajstić information content (AvgIpc) is 2.54. The maximum Gasteiger partial charge on any atom is 0.228 e. The monoisotopic (exact) mass is 284 g/mol. The van der Waals surface area contributed by atoms with Crippen molar-refractivity contribution in [3.63, 3.8) is 0 Å². The topological polar surface area (TPSA) is 51.1 Å². The standard InChI is InChI=1S/C16H20N4O/c1-13-4-2-6-15(8-13)21-10-14-5-3-7-20(9-14)16-18-11-17-12-19-16/h2,4,6,8,11-12,14H,3,5,7,9-10H2,1H3/t14-/m0/s1. The fraction of sp³-hybridized carbons (Fsp3) is 0.438. The first-order valence-electron chi connectivity index (χ1n) is 7.37. The van der Waals surface area contributed by atoms with Crippen molar-refractivity contribution in [3.8, 4) is 5.75 Å². The summed E-state index contributed by atoms with van der Waals surface area (Å²) in [6, 6.07) is 8.20. The third-order valence-electron chi connectivity index (χ3n) is 3.76. The van der Waals surface area contributed by atoms with Crippen molar-refractivity contribution >= 4 is 5.95 Å². The second-order valence-electron chi connectivity index (χ2n) is 5.52. The molecule has 1 aliphatic heterocycles. The van der Waals surface area contributed by atoms with Crippen molar-refractivity contribution in [2.24, 2.45) is 5.92 Å². The molecule has 1 atom stereocenters. The van der Waals surface area contributed by atoms with E-state index in [0.717, 1.165) is 37.8 Å². The van der Waals surface area contributed by atoms with Gasteiger partial charge in [0.1, 0.15) is 18.4 Å². The molecule has 1 saturated heterocycles. The summed E-state index contributed by atoms with van der Waals surface area (Å²) in [7, 11) is 0. The van der Waals surface area contributed by atoms with Crippen molar-refractivity contribution in [1.29, 1.82) is 0 Å². The SMILES string of the molecule is Cc1cccc(OC[C@H]2CCCN(c3ncncn3)C2)c1. The second-order valence-corrected chi connectivity index (χ2v) is 5.52. The Balaban J connectivity index is 1.57. The van der Waals surface area contributed by atoms with Crippen LogP contribution >= 0.6 is 0 Å². The van der Waals surface area contributed by atoms with Gasteiger partial charge in [0.15, 0.2) is 0 Å². The number of piperidine rings is 1. The summed E-state index contributed by atoms with van der Waals surface area (Å²) in [5.41, 5.74) is 1.22. The van der Waals surface area contributed by atoms with Crippen molar-refractivity contribution in [1.82, 2.24) is 15.0 Å². The fourth-order valence-corrected chi connectivity index (χ4v) is 2.70. The number of anilines is 1. The molecule has 1 aliphatic rings. The summed E-state index contributed by atoms with van der Waals surface area (Å²) in [6.07, 6.45) is 5.44. The lowest BCUT2D eigenvalue weighted by Gasteiger charge is -2.32. The molecule has 0 radical (unpaired) electrons. The lowest BCUT2D eigenvalue weighted by atomic mass is 9.99. The van der Waals surface area contributed by atoms with Gasteiger partial charge in [-0.15, -0.1) is 0 Å². The highest BCUT2D eigenvalue weighted by Gasteiger charge is 2.22. The highest BCUT2D eigenvalue weighted by molar-refractivity contribution is 5.29. The van der Waals surface area contributed by atoms with Crippen LogP contribution in [0, 0.1) is 12.8 Å². The Morgan fingerprint density at radius 2 is 2.14 bits per heavy atom. The molecule has 0 unspecified atom stereocenters. The maximum absolute atomic E-state index is 5.93. The van der Waals surface area contributed by atoms with Gasteiger partial charge in [0.05, 0.1) is 6.61 Å². The van der Waals surface area contributed by atoms with Gasteiger partial charge in [-0.3, -0.25) is 0 Å². The zero-order chi connectivity index (χ0) is 14.5. The molecule has 1 aromatic carbocycles. The molecule has 0 aliphatic carbocycles. The molecule has 0 spiro atoms. The minimum Gasteiger partial charge on any atom is -0.493 e. The minimum atomic E-state index is 0.510. The largest absolute Gasteiger partial charge is 0.493 e. The molecule has 5 nitrogen and oxygen atoms in total. The summed E-state index contributed by atoms with van der Waals surface area (Å²) in [4.78, 5) is 14.5. The van der Waals surface area contributed by atoms with Gasteiger partial charge < -0.3 is 9.64 Å². The molecule has 5 heteroatoms. The number of nitrogens with zero attached hydrogens (tertiary/aromatic N) is 4. The van der Waals surface area contributed by atoms with Crippen LogP contribution in [0.5, 0.6) is 5.75 Å². The molecule has 3 rings (SSSR count). The van der Waals surface area contributed by atoms with E-state index in [4.69, 9.17) is 4.74 Å². The van der Waals surface area contributed by atoms with Crippen LogP contribution < -0.4 is 9.64 Å². The van der Waals surface area contributed by atoms with Gasteiger partial charge in [-0.05, 0) is 37.5 Å². The summed E-state index contributed by atoms with van der Waals surface area (Å²) in [6.45, 7) is 4.77. The van der Waals surface area contributed by atoms with Crippen LogP contribution in [0.4, 0.5) is 5.95 Å². The Kier molecular flexibility index (Phi) is 4.28. The van der Waals surface area contributed by atoms with E-state index in [-0.39, 0.29) is 0 Å². The number of hydrogen-bond acceptors (Lipinski definition) is 5. The van der Waals surface area contributed by atoms with Gasteiger partial charge in [-0.25, -0.2) is 15.0 Å². The van der Waals surface area contributed by atoms with Crippen LogP contribution in [0.25, 0.3) is 0 Å². The molecule has 0 amide bonds. The second kappa shape index (κ2) is 6.52. The molecule has 0 N–H and O–H groups in total. The Morgan fingerprint density at radius 3 is 2.95 bits per heavy atom. The molecular formula is C16H20N4O.